The van der Waals surface area contributed by atoms with E-state index in [1.54, 1.807) is 6.20 Å². The molecule has 0 amide bonds. The maximum absolute atomic E-state index is 8.00. The second kappa shape index (κ2) is 7.54. The van der Waals surface area contributed by atoms with Crippen molar-refractivity contribution < 1.29 is 9.59 Å². The lowest BCUT2D eigenvalue weighted by molar-refractivity contribution is -0.0987. The van der Waals surface area contributed by atoms with Gasteiger partial charge in [0.05, 0.1) is 0 Å². The molecule has 0 N–H and O–H groups in total. The molecule has 84 valence electrons. The zero-order chi connectivity index (χ0) is 12.6. The summed E-state index contributed by atoms with van der Waals surface area (Å²) in [5.41, 5.74) is 1.24. The highest BCUT2D eigenvalue weighted by Gasteiger charge is 1.97. The molecule has 0 atom stereocenters. The summed E-state index contributed by atoms with van der Waals surface area (Å²) in [6, 6.07) is 8.10. The quantitative estimate of drug-likeness (QED) is 0.662. The van der Waals surface area contributed by atoms with Gasteiger partial charge >= 0.3 is 0 Å². The van der Waals surface area contributed by atoms with Gasteiger partial charge in [-0.3, -0.25) is 0 Å². The number of nitrogens with zero attached hydrogens (tertiary/aromatic N) is 1. The number of aryl methyl sites for hydroxylation is 1. The van der Waals surface area contributed by atoms with Crippen LogP contribution in [0.4, 0.5) is 0 Å². The molecule has 1 aromatic heterocycles. The van der Waals surface area contributed by atoms with Gasteiger partial charge in [0.15, 0.2) is 0 Å². The summed E-state index contributed by atoms with van der Waals surface area (Å²) in [4.78, 5) is 20.0. The van der Waals surface area contributed by atoms with Gasteiger partial charge in [-0.1, -0.05) is 35.4 Å². The summed E-state index contributed by atoms with van der Waals surface area (Å²) in [7, 11) is 0. The largest absolute Gasteiger partial charge is 0.307 e. The highest BCUT2D eigenvalue weighted by molar-refractivity contribution is 6.34. The van der Waals surface area contributed by atoms with Gasteiger partial charge in [0.2, 0.25) is 0 Å². The first-order valence-corrected chi connectivity index (χ1v) is 4.74. The lowest BCUT2D eigenvalue weighted by Crippen LogP contribution is -1.79. The van der Waals surface area contributed by atoms with E-state index in [2.05, 4.69) is 18.0 Å². The van der Waals surface area contributed by atoms with E-state index in [4.69, 9.17) is 21.2 Å². The minimum Gasteiger partial charge on any atom is -0.307 e. The minimum atomic E-state index is 0.576. The Hall–Kier alpha value is -1.74. The number of hydrogen-bond donors (Lipinski definition) is 0. The zero-order valence-corrected chi connectivity index (χ0v) is 9.70. The van der Waals surface area contributed by atoms with E-state index < -0.39 is 0 Å². The van der Waals surface area contributed by atoms with Crippen LogP contribution in [0.3, 0.4) is 0 Å². The number of carbonyl (C=O) groups excluding carboxylic acids is 2. The Morgan fingerprint density at radius 3 is 2.38 bits per heavy atom. The first kappa shape index (κ1) is 14.3. The van der Waals surface area contributed by atoms with Crippen LogP contribution < -0.4 is 0 Å². The van der Waals surface area contributed by atoms with Gasteiger partial charge in [0.1, 0.15) is 18.7 Å². The van der Waals surface area contributed by atoms with Crippen LogP contribution in [-0.2, 0) is 9.59 Å². The van der Waals surface area contributed by atoms with Gasteiger partial charge in [0.25, 0.3) is 0 Å². The monoisotopic (exact) mass is 237 g/mol. The van der Waals surface area contributed by atoms with Gasteiger partial charge in [-0.15, -0.1) is 0 Å². The third kappa shape index (κ3) is 3.44. The molecule has 0 saturated heterocycles. The molecular weight excluding hydrogens is 226 g/mol. The SMILES string of the molecule is C=O.C=O.Cc1ccc2c(Cl)nccc2c1. The first-order valence-electron chi connectivity index (χ1n) is 4.36. The standard InChI is InChI=1S/C10H8ClN.2CH2O/c1-7-2-3-9-8(6-7)4-5-12-10(9)11;2*1-2/h2-6H,1H3;2*1H2. The maximum Gasteiger partial charge on any atom is 0.136 e. The van der Waals surface area contributed by atoms with Gasteiger partial charge in [0, 0.05) is 11.6 Å². The summed E-state index contributed by atoms with van der Waals surface area (Å²) >= 11 is 5.90. The van der Waals surface area contributed by atoms with Gasteiger partial charge in [-0.25, -0.2) is 4.98 Å². The highest BCUT2D eigenvalue weighted by atomic mass is 35.5. The van der Waals surface area contributed by atoms with Crippen LogP contribution in [0.1, 0.15) is 5.56 Å². The highest BCUT2D eigenvalue weighted by Crippen LogP contribution is 2.21. The summed E-state index contributed by atoms with van der Waals surface area (Å²) in [6.07, 6.45) is 1.73. The van der Waals surface area contributed by atoms with Crippen molar-refractivity contribution in [2.24, 2.45) is 0 Å². The van der Waals surface area contributed by atoms with Crippen LogP contribution in [0.2, 0.25) is 5.15 Å². The van der Waals surface area contributed by atoms with Crippen LogP contribution >= 0.6 is 11.6 Å². The van der Waals surface area contributed by atoms with E-state index in [9.17, 15) is 0 Å². The van der Waals surface area contributed by atoms with E-state index in [0.29, 0.717) is 5.15 Å². The van der Waals surface area contributed by atoms with Crippen LogP contribution in [0.25, 0.3) is 10.8 Å². The smallest absolute Gasteiger partial charge is 0.136 e. The summed E-state index contributed by atoms with van der Waals surface area (Å²) in [6.45, 7) is 6.06. The molecule has 0 bridgehead atoms. The number of halogens is 1. The average Bonchev–Trinajstić information content (AvgIpc) is 2.34. The molecule has 2 aromatic rings. The Bertz CT molecular complexity index is 458. The van der Waals surface area contributed by atoms with Crippen molar-refractivity contribution in [3.05, 3.63) is 41.2 Å². The zero-order valence-electron chi connectivity index (χ0n) is 8.94. The molecule has 0 aliphatic heterocycles. The molecule has 0 saturated carbocycles. The van der Waals surface area contributed by atoms with Crippen LogP contribution in [0.5, 0.6) is 0 Å². The van der Waals surface area contributed by atoms with Gasteiger partial charge in [-0.05, 0) is 18.4 Å². The molecule has 1 aromatic carbocycles. The van der Waals surface area contributed by atoms with Crippen molar-refractivity contribution >= 4 is 36.0 Å². The molecule has 0 aliphatic rings. The fourth-order valence-electron chi connectivity index (χ4n) is 1.26. The molecule has 16 heavy (non-hydrogen) atoms. The van der Waals surface area contributed by atoms with E-state index in [0.717, 1.165) is 10.8 Å². The molecule has 2 rings (SSSR count). The third-order valence-corrected chi connectivity index (χ3v) is 2.17. The number of rotatable bonds is 0. The Morgan fingerprint density at radius 2 is 1.75 bits per heavy atom. The van der Waals surface area contributed by atoms with Crippen LogP contribution in [-0.4, -0.2) is 18.6 Å². The normalized spacial score (nSPS) is 8.38. The summed E-state index contributed by atoms with van der Waals surface area (Å²) in [5.74, 6) is 0. The van der Waals surface area contributed by atoms with E-state index >= 15 is 0 Å². The van der Waals surface area contributed by atoms with Crippen molar-refractivity contribution in [2.75, 3.05) is 0 Å². The Balaban J connectivity index is 0.000000509. The topological polar surface area (TPSA) is 47.0 Å². The number of aromatic nitrogens is 1. The van der Waals surface area contributed by atoms with Gasteiger partial charge in [-0.2, -0.15) is 0 Å². The minimum absolute atomic E-state index is 0.576. The number of fused-ring (bicyclic) bond motifs is 1. The van der Waals surface area contributed by atoms with Crippen molar-refractivity contribution in [1.82, 2.24) is 4.98 Å². The van der Waals surface area contributed by atoms with Crippen LogP contribution in [0.15, 0.2) is 30.5 Å². The molecule has 0 radical (unpaired) electrons. The predicted molar refractivity (Wildman–Crippen MR) is 65.7 cm³/mol. The number of pyridine rings is 1. The molecule has 4 heteroatoms. The van der Waals surface area contributed by atoms with Crippen molar-refractivity contribution in [1.29, 1.82) is 0 Å². The molecule has 0 unspecified atom stereocenters. The van der Waals surface area contributed by atoms with Crippen molar-refractivity contribution in [3.8, 4) is 0 Å². The fourth-order valence-corrected chi connectivity index (χ4v) is 1.49. The molecule has 0 fully saturated rings. The van der Waals surface area contributed by atoms with E-state index in [1.807, 2.05) is 31.8 Å². The molecule has 0 aliphatic carbocycles. The summed E-state index contributed by atoms with van der Waals surface area (Å²) < 4.78 is 0. The Labute approximate surface area is 99.1 Å². The molecule has 3 nitrogen and oxygen atoms in total. The first-order chi connectivity index (χ1) is 7.77. The van der Waals surface area contributed by atoms with Crippen LogP contribution in [0, 0.1) is 6.92 Å². The molecule has 1 heterocycles. The van der Waals surface area contributed by atoms with Gasteiger partial charge < -0.3 is 9.59 Å². The number of hydrogen-bond acceptors (Lipinski definition) is 3. The third-order valence-electron chi connectivity index (χ3n) is 1.87. The number of benzene rings is 1. The fraction of sp³-hybridized carbons (Fsp3) is 0.0833. The number of carbonyl (C=O) groups is 2. The molecular formula is C12H12ClNO2. The maximum atomic E-state index is 8.00. The lowest BCUT2D eigenvalue weighted by Gasteiger charge is -1.99. The summed E-state index contributed by atoms with van der Waals surface area (Å²) in [5, 5.41) is 2.74. The Morgan fingerprint density at radius 1 is 1.12 bits per heavy atom. The lowest BCUT2D eigenvalue weighted by atomic mass is 10.1. The molecule has 0 spiro atoms. The predicted octanol–water partition coefficient (Wildman–Crippen LogP) is 2.83. The second-order valence-electron chi connectivity index (χ2n) is 2.83. The second-order valence-corrected chi connectivity index (χ2v) is 3.18. The van der Waals surface area contributed by atoms with Crippen molar-refractivity contribution in [3.63, 3.8) is 0 Å². The Kier molecular flexibility index (Phi) is 6.72. The van der Waals surface area contributed by atoms with E-state index in [-0.39, 0.29) is 0 Å². The van der Waals surface area contributed by atoms with E-state index in [1.165, 1.54) is 5.56 Å². The average molecular weight is 238 g/mol. The van der Waals surface area contributed by atoms with Crippen molar-refractivity contribution in [2.45, 2.75) is 6.92 Å².